The second kappa shape index (κ2) is 4.70. The molecule has 3 rings (SSSR count). The molecule has 3 aromatic rings. The van der Waals surface area contributed by atoms with Crippen molar-refractivity contribution in [2.24, 2.45) is 5.73 Å². The third-order valence-corrected chi connectivity index (χ3v) is 4.66. The van der Waals surface area contributed by atoms with Crippen LogP contribution in [-0.4, -0.2) is 0 Å². The van der Waals surface area contributed by atoms with Crippen molar-refractivity contribution < 1.29 is 4.42 Å². The smallest absolute Gasteiger partial charge is 0.148 e. The Hall–Kier alpha value is -0.810. The van der Waals surface area contributed by atoms with E-state index in [1.165, 1.54) is 11.3 Å². The van der Waals surface area contributed by atoms with Gasteiger partial charge in [0.25, 0.3) is 0 Å². The summed E-state index contributed by atoms with van der Waals surface area (Å²) in [4.78, 5) is 0.996. The average molecular weight is 343 g/mol. The Kier molecular flexibility index (Phi) is 3.20. The van der Waals surface area contributed by atoms with Crippen LogP contribution in [0.1, 0.15) is 16.7 Å². The van der Waals surface area contributed by atoms with E-state index in [9.17, 15) is 0 Å². The lowest BCUT2D eigenvalue weighted by Gasteiger charge is -2.04. The number of hydrogen-bond acceptors (Lipinski definition) is 3. The van der Waals surface area contributed by atoms with E-state index in [0.29, 0.717) is 0 Å². The van der Waals surface area contributed by atoms with Gasteiger partial charge in [-0.25, -0.2) is 0 Å². The monoisotopic (exact) mass is 341 g/mol. The second-order valence-electron chi connectivity index (χ2n) is 3.93. The highest BCUT2D eigenvalue weighted by Crippen LogP contribution is 2.34. The first-order chi connectivity index (χ1) is 8.65. The van der Waals surface area contributed by atoms with Gasteiger partial charge in [-0.15, -0.1) is 11.3 Å². The molecule has 2 heterocycles. The molecular weight excluding hydrogens is 334 g/mol. The van der Waals surface area contributed by atoms with Gasteiger partial charge in [0.1, 0.15) is 11.3 Å². The quantitative estimate of drug-likeness (QED) is 0.715. The van der Waals surface area contributed by atoms with Crippen LogP contribution in [-0.2, 0) is 0 Å². The first-order valence-corrected chi connectivity index (χ1v) is 7.32. The summed E-state index contributed by atoms with van der Waals surface area (Å²) in [7, 11) is 0. The van der Waals surface area contributed by atoms with Crippen molar-refractivity contribution in [1.29, 1.82) is 0 Å². The van der Waals surface area contributed by atoms with Crippen molar-refractivity contribution in [3.05, 3.63) is 55.8 Å². The SMILES string of the molecule is NC(c1cc2cccc(Br)c2o1)c1ccc(Cl)s1. The van der Waals surface area contributed by atoms with Crippen molar-refractivity contribution in [2.45, 2.75) is 6.04 Å². The highest BCUT2D eigenvalue weighted by atomic mass is 79.9. The molecule has 18 heavy (non-hydrogen) atoms. The van der Waals surface area contributed by atoms with Gasteiger partial charge in [-0.2, -0.15) is 0 Å². The maximum absolute atomic E-state index is 6.19. The summed E-state index contributed by atoms with van der Waals surface area (Å²) in [5.74, 6) is 0.746. The van der Waals surface area contributed by atoms with Crippen molar-refractivity contribution >= 4 is 49.8 Å². The molecule has 1 atom stereocenters. The lowest BCUT2D eigenvalue weighted by Crippen LogP contribution is -2.08. The molecule has 0 amide bonds. The molecule has 2 aromatic heterocycles. The van der Waals surface area contributed by atoms with Crippen LogP contribution in [0.5, 0.6) is 0 Å². The molecule has 0 fully saturated rings. The van der Waals surface area contributed by atoms with Gasteiger partial charge in [0.2, 0.25) is 0 Å². The molecule has 0 saturated heterocycles. The summed E-state index contributed by atoms with van der Waals surface area (Å²) in [6, 6.07) is 11.4. The Morgan fingerprint density at radius 3 is 2.78 bits per heavy atom. The molecule has 0 saturated carbocycles. The molecule has 0 aliphatic rings. The normalized spacial score (nSPS) is 13.1. The number of furan rings is 1. The second-order valence-corrected chi connectivity index (χ2v) is 6.53. The van der Waals surface area contributed by atoms with E-state index in [2.05, 4.69) is 15.9 Å². The van der Waals surface area contributed by atoms with Crippen LogP contribution in [0.3, 0.4) is 0 Å². The van der Waals surface area contributed by atoms with E-state index < -0.39 is 0 Å². The molecule has 2 N–H and O–H groups in total. The summed E-state index contributed by atoms with van der Waals surface area (Å²) in [5, 5.41) is 1.04. The van der Waals surface area contributed by atoms with Crippen molar-refractivity contribution in [3.63, 3.8) is 0 Å². The molecular formula is C13H9BrClNOS. The third-order valence-electron chi connectivity index (χ3n) is 2.72. The number of hydrogen-bond donors (Lipinski definition) is 1. The fourth-order valence-electron chi connectivity index (χ4n) is 1.84. The molecule has 0 radical (unpaired) electrons. The third kappa shape index (κ3) is 2.10. The van der Waals surface area contributed by atoms with Crippen molar-refractivity contribution in [2.75, 3.05) is 0 Å². The fraction of sp³-hybridized carbons (Fsp3) is 0.0769. The number of thiophene rings is 1. The van der Waals surface area contributed by atoms with Crippen molar-refractivity contribution in [1.82, 2.24) is 0 Å². The largest absolute Gasteiger partial charge is 0.458 e. The molecule has 1 aromatic carbocycles. The van der Waals surface area contributed by atoms with Crippen LogP contribution < -0.4 is 5.73 Å². The van der Waals surface area contributed by atoms with E-state index in [1.54, 1.807) is 0 Å². The zero-order valence-corrected chi connectivity index (χ0v) is 12.3. The van der Waals surface area contributed by atoms with E-state index in [4.69, 9.17) is 21.8 Å². The highest BCUT2D eigenvalue weighted by Gasteiger charge is 2.16. The Bertz CT molecular complexity index is 706. The van der Waals surface area contributed by atoms with Gasteiger partial charge in [0.05, 0.1) is 14.9 Å². The summed E-state index contributed by atoms with van der Waals surface area (Å²) in [5.41, 5.74) is 7.01. The maximum atomic E-state index is 6.19. The van der Waals surface area contributed by atoms with Gasteiger partial charge < -0.3 is 10.2 Å². The number of fused-ring (bicyclic) bond motifs is 1. The van der Waals surface area contributed by atoms with Gasteiger partial charge >= 0.3 is 0 Å². The average Bonchev–Trinajstić information content (AvgIpc) is 2.95. The van der Waals surface area contributed by atoms with Gasteiger partial charge in [-0.3, -0.25) is 0 Å². The standard InChI is InChI=1S/C13H9BrClNOS/c14-8-3-1-2-7-6-9(17-13(7)8)12(16)10-4-5-11(15)18-10/h1-6,12H,16H2. The minimum absolute atomic E-state index is 0.276. The first kappa shape index (κ1) is 12.2. The van der Waals surface area contributed by atoms with E-state index in [1.807, 2.05) is 36.4 Å². The topological polar surface area (TPSA) is 39.2 Å². The van der Waals surface area contributed by atoms with Crippen LogP contribution in [0.15, 0.2) is 45.3 Å². The summed E-state index contributed by atoms with van der Waals surface area (Å²) < 4.78 is 7.48. The zero-order valence-electron chi connectivity index (χ0n) is 9.19. The van der Waals surface area contributed by atoms with E-state index in [-0.39, 0.29) is 6.04 Å². The molecule has 2 nitrogen and oxygen atoms in total. The predicted molar refractivity (Wildman–Crippen MR) is 79.3 cm³/mol. The molecule has 92 valence electrons. The summed E-state index contributed by atoms with van der Waals surface area (Å²) >= 11 is 10.9. The predicted octanol–water partition coefficient (Wildman–Crippen LogP) is 4.96. The van der Waals surface area contributed by atoms with Gasteiger partial charge in [-0.05, 0) is 40.2 Å². The van der Waals surface area contributed by atoms with Crippen LogP contribution in [0.2, 0.25) is 4.34 Å². The molecule has 0 spiro atoms. The number of benzene rings is 1. The van der Waals surface area contributed by atoms with E-state index in [0.717, 1.165) is 30.4 Å². The van der Waals surface area contributed by atoms with Crippen molar-refractivity contribution in [3.8, 4) is 0 Å². The Morgan fingerprint density at radius 1 is 1.28 bits per heavy atom. The van der Waals surface area contributed by atoms with Gasteiger partial charge in [0, 0.05) is 10.3 Å². The lowest BCUT2D eigenvalue weighted by molar-refractivity contribution is 0.526. The van der Waals surface area contributed by atoms with Crippen LogP contribution >= 0.6 is 38.9 Å². The number of halogens is 2. The van der Waals surface area contributed by atoms with Crippen LogP contribution in [0.25, 0.3) is 11.0 Å². The number of para-hydroxylation sites is 1. The molecule has 0 aliphatic heterocycles. The lowest BCUT2D eigenvalue weighted by atomic mass is 10.2. The first-order valence-electron chi connectivity index (χ1n) is 5.34. The van der Waals surface area contributed by atoms with E-state index >= 15 is 0 Å². The Labute approximate surface area is 121 Å². The maximum Gasteiger partial charge on any atom is 0.148 e. The molecule has 1 unspecified atom stereocenters. The number of nitrogens with two attached hydrogens (primary N) is 1. The Balaban J connectivity index is 2.06. The summed E-state index contributed by atoms with van der Waals surface area (Å²) in [6.45, 7) is 0. The van der Waals surface area contributed by atoms with Gasteiger partial charge in [-0.1, -0.05) is 23.7 Å². The van der Waals surface area contributed by atoms with Gasteiger partial charge in [0.15, 0.2) is 0 Å². The van der Waals surface area contributed by atoms with Crippen LogP contribution in [0, 0.1) is 0 Å². The molecule has 5 heteroatoms. The minimum atomic E-state index is -0.276. The zero-order chi connectivity index (χ0) is 12.7. The minimum Gasteiger partial charge on any atom is -0.458 e. The highest BCUT2D eigenvalue weighted by molar-refractivity contribution is 9.10. The Morgan fingerprint density at radius 2 is 2.11 bits per heavy atom. The summed E-state index contributed by atoms with van der Waals surface area (Å²) in [6.07, 6.45) is 0. The molecule has 0 aliphatic carbocycles. The fourth-order valence-corrected chi connectivity index (χ4v) is 3.37. The number of rotatable bonds is 2. The molecule has 0 bridgehead atoms. The van der Waals surface area contributed by atoms with Crippen LogP contribution in [0.4, 0.5) is 0 Å².